The van der Waals surface area contributed by atoms with Gasteiger partial charge in [0, 0.05) is 0 Å². The molecule has 0 amide bonds. The monoisotopic (exact) mass is 845 g/mol. The predicted octanol–water partition coefficient (Wildman–Crippen LogP) is 21.8. The summed E-state index contributed by atoms with van der Waals surface area (Å²) < 4.78 is 1.49. The lowest BCUT2D eigenvalue weighted by atomic mass is 10.0. The quantitative estimate of drug-likeness (QED) is 0.0423. The van der Waals surface area contributed by atoms with Crippen LogP contribution in [-0.2, 0) is 0 Å². The molecule has 0 N–H and O–H groups in total. The number of hydrogen-bond donors (Lipinski definition) is 0. The summed E-state index contributed by atoms with van der Waals surface area (Å²) in [5.41, 5.74) is 0. The Labute approximate surface area is 384 Å². The van der Waals surface area contributed by atoms with Crippen LogP contribution in [0.25, 0.3) is 0 Å². The van der Waals surface area contributed by atoms with Crippen LogP contribution < -0.4 is 0 Å². The third-order valence-corrected chi connectivity index (χ3v) is 14.7. The predicted molar refractivity (Wildman–Crippen MR) is 278 cm³/mol. The maximum absolute atomic E-state index is 2.37. The Kier molecular flexibility index (Phi) is 53.3. The number of quaternary nitrogens is 1. The van der Waals surface area contributed by atoms with Gasteiger partial charge in [0.1, 0.15) is 0 Å². The standard InChI is InChI=1S/C59H122N/c1-5-9-13-17-21-24-27-30-33-36-39-42-45-49-53-57-60(56-52-48-20-16-12-8-4,58-54-50-46-43-40-37-34-31-28-25-22-18-14-10-6-2)59-55-51-47-44-41-38-35-32-29-26-23-19-15-11-7-3/h5-59H2,1-4H3/q+1. The van der Waals surface area contributed by atoms with Crippen molar-refractivity contribution < 1.29 is 4.48 Å². The van der Waals surface area contributed by atoms with Crippen molar-refractivity contribution in [3.05, 3.63) is 0 Å². The topological polar surface area (TPSA) is 0 Å². The molecule has 362 valence electrons. The van der Waals surface area contributed by atoms with Crippen molar-refractivity contribution in [3.8, 4) is 0 Å². The van der Waals surface area contributed by atoms with Gasteiger partial charge in [-0.15, -0.1) is 0 Å². The second-order valence-corrected chi connectivity index (χ2v) is 20.9. The van der Waals surface area contributed by atoms with E-state index in [0.717, 1.165) is 0 Å². The highest BCUT2D eigenvalue weighted by atomic mass is 15.3. The molecular weight excluding hydrogens is 723 g/mol. The molecule has 0 rings (SSSR count). The van der Waals surface area contributed by atoms with Crippen molar-refractivity contribution >= 4 is 0 Å². The summed E-state index contributed by atoms with van der Waals surface area (Å²) >= 11 is 0. The van der Waals surface area contributed by atoms with E-state index in [1.807, 2.05) is 0 Å². The maximum Gasteiger partial charge on any atom is 0.0786 e. The zero-order chi connectivity index (χ0) is 43.4. The SMILES string of the molecule is CCCCCCCCCCCCCCCCC[N+](CCCCCCCC)(CCCCCCCCCCCCCCCCC)CCCCCCCCCCCCCCCCC. The summed E-state index contributed by atoms with van der Waals surface area (Å²) in [7, 11) is 0. The maximum atomic E-state index is 2.37. The minimum atomic E-state index is 1.37. The highest BCUT2D eigenvalue weighted by Gasteiger charge is 2.25. The normalized spacial score (nSPS) is 12.0. The van der Waals surface area contributed by atoms with Crippen LogP contribution in [0.1, 0.15) is 355 Å². The van der Waals surface area contributed by atoms with Gasteiger partial charge in [-0.1, -0.05) is 304 Å². The zero-order valence-corrected chi connectivity index (χ0v) is 43.3. The molecule has 60 heavy (non-hydrogen) atoms. The lowest BCUT2D eigenvalue weighted by Gasteiger charge is -2.40. The van der Waals surface area contributed by atoms with Crippen LogP contribution in [-0.4, -0.2) is 30.7 Å². The largest absolute Gasteiger partial charge is 0.324 e. The smallest absolute Gasteiger partial charge is 0.0786 e. The summed E-state index contributed by atoms with van der Waals surface area (Å²) in [6, 6.07) is 0. The molecule has 0 bridgehead atoms. The second kappa shape index (κ2) is 53.3. The van der Waals surface area contributed by atoms with Crippen LogP contribution in [0.5, 0.6) is 0 Å². The first-order valence-electron chi connectivity index (χ1n) is 29.6. The molecule has 0 heterocycles. The van der Waals surface area contributed by atoms with Crippen LogP contribution in [0, 0.1) is 0 Å². The van der Waals surface area contributed by atoms with Crippen LogP contribution >= 0.6 is 0 Å². The average molecular weight is 846 g/mol. The molecule has 0 unspecified atom stereocenters. The van der Waals surface area contributed by atoms with Gasteiger partial charge in [-0.25, -0.2) is 0 Å². The molecule has 0 atom stereocenters. The third kappa shape index (κ3) is 47.4. The Balaban J connectivity index is 4.71. The number of hydrogen-bond acceptors (Lipinski definition) is 0. The van der Waals surface area contributed by atoms with E-state index < -0.39 is 0 Å². The van der Waals surface area contributed by atoms with E-state index in [1.54, 1.807) is 0 Å². The van der Waals surface area contributed by atoms with Gasteiger partial charge in [0.25, 0.3) is 0 Å². The average Bonchev–Trinajstić information content (AvgIpc) is 3.26. The van der Waals surface area contributed by atoms with E-state index in [2.05, 4.69) is 27.7 Å². The first-order valence-corrected chi connectivity index (χ1v) is 29.6. The first-order chi connectivity index (χ1) is 29.7. The van der Waals surface area contributed by atoms with Crippen molar-refractivity contribution in [2.24, 2.45) is 0 Å². The number of unbranched alkanes of at least 4 members (excludes halogenated alkanes) is 47. The van der Waals surface area contributed by atoms with Crippen molar-refractivity contribution in [2.75, 3.05) is 26.2 Å². The van der Waals surface area contributed by atoms with Gasteiger partial charge in [0.05, 0.1) is 26.2 Å². The minimum absolute atomic E-state index is 1.37. The summed E-state index contributed by atoms with van der Waals surface area (Å²) in [6.07, 6.45) is 75.2. The summed E-state index contributed by atoms with van der Waals surface area (Å²) in [5.74, 6) is 0. The molecule has 0 aromatic heterocycles. The Hall–Kier alpha value is -0.0400. The summed E-state index contributed by atoms with van der Waals surface area (Å²) in [4.78, 5) is 0. The fourth-order valence-corrected chi connectivity index (χ4v) is 10.4. The van der Waals surface area contributed by atoms with Crippen molar-refractivity contribution in [3.63, 3.8) is 0 Å². The highest BCUT2D eigenvalue weighted by molar-refractivity contribution is 4.57. The molecule has 0 aliphatic carbocycles. The van der Waals surface area contributed by atoms with E-state index in [1.165, 1.54) is 358 Å². The van der Waals surface area contributed by atoms with E-state index in [4.69, 9.17) is 0 Å². The second-order valence-electron chi connectivity index (χ2n) is 20.9. The van der Waals surface area contributed by atoms with Gasteiger partial charge in [-0.3, -0.25) is 0 Å². The van der Waals surface area contributed by atoms with Crippen LogP contribution in [0.15, 0.2) is 0 Å². The molecule has 0 fully saturated rings. The lowest BCUT2D eigenvalue weighted by molar-refractivity contribution is -0.929. The Morgan fingerprint density at radius 2 is 0.233 bits per heavy atom. The molecule has 0 spiro atoms. The number of nitrogens with zero attached hydrogens (tertiary/aromatic N) is 1. The van der Waals surface area contributed by atoms with Crippen LogP contribution in [0.2, 0.25) is 0 Å². The molecule has 0 saturated carbocycles. The fourth-order valence-electron chi connectivity index (χ4n) is 10.4. The van der Waals surface area contributed by atoms with Gasteiger partial charge >= 0.3 is 0 Å². The molecule has 0 radical (unpaired) electrons. The third-order valence-electron chi connectivity index (χ3n) is 14.7. The molecule has 0 aliphatic rings. The van der Waals surface area contributed by atoms with Gasteiger partial charge in [0.15, 0.2) is 0 Å². The van der Waals surface area contributed by atoms with Crippen molar-refractivity contribution in [2.45, 2.75) is 355 Å². The molecule has 0 aliphatic heterocycles. The van der Waals surface area contributed by atoms with Gasteiger partial charge in [0.2, 0.25) is 0 Å². The Bertz CT molecular complexity index is 645. The van der Waals surface area contributed by atoms with Gasteiger partial charge < -0.3 is 4.48 Å². The van der Waals surface area contributed by atoms with Crippen molar-refractivity contribution in [1.82, 2.24) is 0 Å². The number of rotatable bonds is 55. The fraction of sp³-hybridized carbons (Fsp3) is 1.00. The van der Waals surface area contributed by atoms with E-state index >= 15 is 0 Å². The molecule has 0 saturated heterocycles. The lowest BCUT2D eigenvalue weighted by Crippen LogP contribution is -2.50. The van der Waals surface area contributed by atoms with Crippen LogP contribution in [0.3, 0.4) is 0 Å². The minimum Gasteiger partial charge on any atom is -0.324 e. The molecule has 0 aromatic carbocycles. The molecule has 1 nitrogen and oxygen atoms in total. The van der Waals surface area contributed by atoms with E-state index in [0.29, 0.717) is 0 Å². The zero-order valence-electron chi connectivity index (χ0n) is 43.3. The van der Waals surface area contributed by atoms with Crippen molar-refractivity contribution in [1.29, 1.82) is 0 Å². The molecule has 1 heteroatoms. The summed E-state index contributed by atoms with van der Waals surface area (Å²) in [6.45, 7) is 15.3. The Morgan fingerprint density at radius 3 is 0.350 bits per heavy atom. The van der Waals surface area contributed by atoms with E-state index in [-0.39, 0.29) is 0 Å². The highest BCUT2D eigenvalue weighted by Crippen LogP contribution is 2.22. The van der Waals surface area contributed by atoms with Gasteiger partial charge in [-0.05, 0) is 51.4 Å². The first kappa shape index (κ1) is 60.0. The van der Waals surface area contributed by atoms with E-state index in [9.17, 15) is 0 Å². The van der Waals surface area contributed by atoms with Crippen LogP contribution in [0.4, 0.5) is 0 Å². The summed E-state index contributed by atoms with van der Waals surface area (Å²) in [5, 5.41) is 0. The molecular formula is C59H122N+. The molecule has 0 aromatic rings. The Morgan fingerprint density at radius 1 is 0.133 bits per heavy atom. The van der Waals surface area contributed by atoms with Gasteiger partial charge in [-0.2, -0.15) is 0 Å².